The van der Waals surface area contributed by atoms with Crippen molar-refractivity contribution in [3.63, 3.8) is 0 Å². The second-order valence-corrected chi connectivity index (χ2v) is 6.95. The zero-order valence-corrected chi connectivity index (χ0v) is 12.3. The zero-order valence-electron chi connectivity index (χ0n) is 12.3. The van der Waals surface area contributed by atoms with Gasteiger partial charge in [-0.15, -0.1) is 0 Å². The third-order valence-electron chi connectivity index (χ3n) is 4.08. The predicted octanol–water partition coefficient (Wildman–Crippen LogP) is 2.16. The maximum absolute atomic E-state index is 12.4. The molecule has 1 saturated carbocycles. The average Bonchev–Trinajstić information content (AvgIpc) is 2.23. The van der Waals surface area contributed by atoms with Gasteiger partial charge in [0.25, 0.3) is 0 Å². The van der Waals surface area contributed by atoms with E-state index in [1.165, 1.54) is 0 Å². The van der Waals surface area contributed by atoms with Crippen molar-refractivity contribution >= 4 is 11.8 Å². The number of Topliss-reactive ketones (excluding diaryl/α,β-unsaturated/α-hetero) is 1. The Bertz CT molecular complexity index is 356. The van der Waals surface area contributed by atoms with Gasteiger partial charge in [0.2, 0.25) is 0 Å². The first-order valence-electron chi connectivity index (χ1n) is 7.28. The lowest BCUT2D eigenvalue weighted by Crippen LogP contribution is -2.51. The first kappa shape index (κ1) is 14.5. The summed E-state index contributed by atoms with van der Waals surface area (Å²) in [6.07, 6.45) is 4.21. The molecule has 2 rings (SSSR count). The topological polar surface area (TPSA) is 46.6 Å². The number of esters is 1. The van der Waals surface area contributed by atoms with Crippen molar-refractivity contribution in [2.75, 3.05) is 19.6 Å². The Kier molecular flexibility index (Phi) is 4.00. The van der Waals surface area contributed by atoms with Crippen LogP contribution in [0.2, 0.25) is 0 Å². The number of nitrogens with zero attached hydrogens (tertiary/aromatic N) is 1. The summed E-state index contributed by atoms with van der Waals surface area (Å²) in [4.78, 5) is 25.9. The molecule has 0 radical (unpaired) electrons. The van der Waals surface area contributed by atoms with E-state index in [-0.39, 0.29) is 11.4 Å². The van der Waals surface area contributed by atoms with Crippen LogP contribution in [0, 0.1) is 5.41 Å². The molecule has 1 aliphatic carbocycles. The molecule has 0 N–H and O–H groups in total. The van der Waals surface area contributed by atoms with Crippen molar-refractivity contribution in [2.24, 2.45) is 5.41 Å². The molecular formula is C15H25NO3. The molecule has 2 fully saturated rings. The SMILES string of the molecule is CC(C)(C)OC(=O)C1(CN2CCC(=O)CC2)CCC1. The molecule has 0 amide bonds. The highest BCUT2D eigenvalue weighted by Gasteiger charge is 2.47. The Balaban J connectivity index is 1.94. The van der Waals surface area contributed by atoms with Gasteiger partial charge in [-0.25, -0.2) is 0 Å². The van der Waals surface area contributed by atoms with E-state index in [0.717, 1.165) is 38.9 Å². The molecule has 0 atom stereocenters. The molecule has 4 heteroatoms. The van der Waals surface area contributed by atoms with Crippen molar-refractivity contribution in [3.8, 4) is 0 Å². The van der Waals surface area contributed by atoms with E-state index in [0.29, 0.717) is 18.6 Å². The number of ketones is 1. The van der Waals surface area contributed by atoms with Crippen LogP contribution in [-0.2, 0) is 14.3 Å². The minimum atomic E-state index is -0.419. The number of likely N-dealkylation sites (tertiary alicyclic amines) is 1. The van der Waals surface area contributed by atoms with E-state index in [9.17, 15) is 9.59 Å². The summed E-state index contributed by atoms with van der Waals surface area (Å²) in [6.45, 7) is 8.09. The fourth-order valence-corrected chi connectivity index (χ4v) is 2.81. The van der Waals surface area contributed by atoms with Gasteiger partial charge in [-0.3, -0.25) is 9.59 Å². The van der Waals surface area contributed by atoms with Crippen LogP contribution in [0.15, 0.2) is 0 Å². The van der Waals surface area contributed by atoms with E-state index in [2.05, 4.69) is 4.90 Å². The lowest BCUT2D eigenvalue weighted by Gasteiger charge is -2.44. The van der Waals surface area contributed by atoms with Gasteiger partial charge in [0, 0.05) is 32.5 Å². The molecule has 0 aromatic carbocycles. The highest BCUT2D eigenvalue weighted by atomic mass is 16.6. The van der Waals surface area contributed by atoms with Crippen LogP contribution in [-0.4, -0.2) is 41.9 Å². The summed E-state index contributed by atoms with van der Waals surface area (Å²) in [7, 11) is 0. The molecule has 0 bridgehead atoms. The Morgan fingerprint density at radius 1 is 1.26 bits per heavy atom. The number of hydrogen-bond acceptors (Lipinski definition) is 4. The molecular weight excluding hydrogens is 242 g/mol. The monoisotopic (exact) mass is 267 g/mol. The average molecular weight is 267 g/mol. The molecule has 19 heavy (non-hydrogen) atoms. The summed E-state index contributed by atoms with van der Waals surface area (Å²) in [5.74, 6) is 0.291. The maximum atomic E-state index is 12.4. The number of hydrogen-bond donors (Lipinski definition) is 0. The number of carbonyl (C=O) groups excluding carboxylic acids is 2. The molecule has 1 saturated heterocycles. The Hall–Kier alpha value is -0.900. The van der Waals surface area contributed by atoms with Gasteiger partial charge in [0.1, 0.15) is 11.4 Å². The second kappa shape index (κ2) is 5.23. The van der Waals surface area contributed by atoms with Crippen LogP contribution in [0.4, 0.5) is 0 Å². The summed E-state index contributed by atoms with van der Waals surface area (Å²) < 4.78 is 5.58. The maximum Gasteiger partial charge on any atom is 0.313 e. The highest BCUT2D eigenvalue weighted by molar-refractivity contribution is 5.80. The number of ether oxygens (including phenoxy) is 1. The largest absolute Gasteiger partial charge is 0.460 e. The van der Waals surface area contributed by atoms with Crippen LogP contribution in [0.1, 0.15) is 52.9 Å². The minimum absolute atomic E-state index is 0.0526. The number of piperidine rings is 1. The van der Waals surface area contributed by atoms with Gasteiger partial charge in [-0.05, 0) is 33.6 Å². The van der Waals surface area contributed by atoms with Crippen LogP contribution >= 0.6 is 0 Å². The Morgan fingerprint density at radius 3 is 2.26 bits per heavy atom. The van der Waals surface area contributed by atoms with Gasteiger partial charge >= 0.3 is 5.97 Å². The van der Waals surface area contributed by atoms with Crippen molar-refractivity contribution in [3.05, 3.63) is 0 Å². The van der Waals surface area contributed by atoms with Gasteiger partial charge in [-0.1, -0.05) is 6.42 Å². The number of carbonyl (C=O) groups is 2. The molecule has 108 valence electrons. The smallest absolute Gasteiger partial charge is 0.313 e. The van der Waals surface area contributed by atoms with Crippen LogP contribution in [0.5, 0.6) is 0 Å². The van der Waals surface area contributed by atoms with Gasteiger partial charge in [0.15, 0.2) is 0 Å². The van der Waals surface area contributed by atoms with Crippen molar-refractivity contribution < 1.29 is 14.3 Å². The molecule has 1 aliphatic heterocycles. The van der Waals surface area contributed by atoms with Crippen LogP contribution < -0.4 is 0 Å². The summed E-state index contributed by atoms with van der Waals surface area (Å²) in [6, 6.07) is 0. The van der Waals surface area contributed by atoms with E-state index < -0.39 is 5.60 Å². The van der Waals surface area contributed by atoms with E-state index in [1.54, 1.807) is 0 Å². The summed E-state index contributed by atoms with van der Waals surface area (Å²) in [5.41, 5.74) is -0.731. The van der Waals surface area contributed by atoms with E-state index in [1.807, 2.05) is 20.8 Å². The summed E-state index contributed by atoms with van der Waals surface area (Å²) in [5, 5.41) is 0. The first-order valence-corrected chi connectivity index (χ1v) is 7.28. The molecule has 0 spiro atoms. The predicted molar refractivity (Wildman–Crippen MR) is 72.8 cm³/mol. The van der Waals surface area contributed by atoms with Crippen molar-refractivity contribution in [1.29, 1.82) is 0 Å². The molecule has 0 unspecified atom stereocenters. The Labute approximate surface area is 115 Å². The van der Waals surface area contributed by atoms with Crippen molar-refractivity contribution in [1.82, 2.24) is 4.90 Å². The van der Waals surface area contributed by atoms with Gasteiger partial charge < -0.3 is 9.64 Å². The van der Waals surface area contributed by atoms with E-state index >= 15 is 0 Å². The summed E-state index contributed by atoms with van der Waals surface area (Å²) >= 11 is 0. The lowest BCUT2D eigenvalue weighted by molar-refractivity contribution is -0.175. The molecule has 4 nitrogen and oxygen atoms in total. The fourth-order valence-electron chi connectivity index (χ4n) is 2.81. The first-order chi connectivity index (χ1) is 8.81. The fraction of sp³-hybridized carbons (Fsp3) is 0.867. The minimum Gasteiger partial charge on any atom is -0.460 e. The van der Waals surface area contributed by atoms with E-state index in [4.69, 9.17) is 4.74 Å². The van der Waals surface area contributed by atoms with Gasteiger partial charge in [0.05, 0.1) is 5.41 Å². The number of rotatable bonds is 3. The third-order valence-corrected chi connectivity index (χ3v) is 4.08. The molecule has 2 aliphatic rings. The molecule has 0 aromatic heterocycles. The third kappa shape index (κ3) is 3.56. The Morgan fingerprint density at radius 2 is 1.84 bits per heavy atom. The second-order valence-electron chi connectivity index (χ2n) is 6.95. The zero-order chi connectivity index (χ0) is 14.1. The molecule has 0 aromatic rings. The standard InChI is InChI=1S/C15H25NO3/c1-14(2,3)19-13(18)15(7-4-8-15)11-16-9-5-12(17)6-10-16/h4-11H2,1-3H3. The van der Waals surface area contributed by atoms with Crippen LogP contribution in [0.3, 0.4) is 0 Å². The normalized spacial score (nSPS) is 23.8. The van der Waals surface area contributed by atoms with Crippen molar-refractivity contribution in [2.45, 2.75) is 58.5 Å². The van der Waals surface area contributed by atoms with Crippen LogP contribution in [0.25, 0.3) is 0 Å². The van der Waals surface area contributed by atoms with Gasteiger partial charge in [-0.2, -0.15) is 0 Å². The highest BCUT2D eigenvalue weighted by Crippen LogP contribution is 2.43. The molecule has 1 heterocycles. The quantitative estimate of drug-likeness (QED) is 0.735. The lowest BCUT2D eigenvalue weighted by atomic mass is 9.68.